The molecule has 0 aliphatic carbocycles. The molecule has 1 fully saturated rings. The Morgan fingerprint density at radius 2 is 1.81 bits per heavy atom. The van der Waals surface area contributed by atoms with Gasteiger partial charge in [0.05, 0.1) is 23.4 Å². The summed E-state index contributed by atoms with van der Waals surface area (Å²) in [5.41, 5.74) is 0.319. The van der Waals surface area contributed by atoms with Crippen LogP contribution < -0.4 is 16.0 Å². The summed E-state index contributed by atoms with van der Waals surface area (Å²) < 4.78 is 45.1. The van der Waals surface area contributed by atoms with Crippen molar-refractivity contribution in [1.82, 2.24) is 15.6 Å². The van der Waals surface area contributed by atoms with Crippen molar-refractivity contribution in [3.05, 3.63) is 89.2 Å². The predicted octanol–water partition coefficient (Wildman–Crippen LogP) is 4.36. The topological polar surface area (TPSA) is 92.4 Å². The van der Waals surface area contributed by atoms with E-state index in [0.29, 0.717) is 24.3 Å². The molecule has 0 radical (unpaired) electrons. The molecule has 3 aromatic rings. The zero-order chi connectivity index (χ0) is 25.8. The second-order valence-electron chi connectivity index (χ2n) is 8.58. The zero-order valence-corrected chi connectivity index (χ0v) is 19.5. The van der Waals surface area contributed by atoms with Crippen LogP contribution in [0.4, 0.5) is 24.5 Å². The lowest BCUT2D eigenvalue weighted by atomic mass is 9.96. The van der Waals surface area contributed by atoms with E-state index in [1.54, 1.807) is 36.4 Å². The Kier molecular flexibility index (Phi) is 7.25. The number of hydrogen-bond acceptors (Lipinski definition) is 5. The van der Waals surface area contributed by atoms with E-state index in [9.17, 15) is 22.8 Å². The smallest absolute Gasteiger partial charge is 0.378 e. The molecule has 10 heteroatoms. The Bertz CT molecular complexity index is 1220. The van der Waals surface area contributed by atoms with Gasteiger partial charge < -0.3 is 20.7 Å². The van der Waals surface area contributed by atoms with E-state index in [2.05, 4.69) is 20.9 Å². The lowest BCUT2D eigenvalue weighted by Gasteiger charge is -2.27. The number of pyridine rings is 1. The number of aromatic nitrogens is 1. The van der Waals surface area contributed by atoms with E-state index in [0.717, 1.165) is 17.3 Å². The molecule has 0 spiro atoms. The van der Waals surface area contributed by atoms with E-state index in [1.807, 2.05) is 6.92 Å². The summed E-state index contributed by atoms with van der Waals surface area (Å²) in [7, 11) is 0. The van der Waals surface area contributed by atoms with Crippen molar-refractivity contribution in [1.29, 1.82) is 0 Å². The van der Waals surface area contributed by atoms with Crippen molar-refractivity contribution in [2.24, 2.45) is 0 Å². The maximum atomic E-state index is 13.2. The van der Waals surface area contributed by atoms with Gasteiger partial charge in [-0.1, -0.05) is 24.3 Å². The highest BCUT2D eigenvalue weighted by Gasteiger charge is 2.43. The lowest BCUT2D eigenvalue weighted by Crippen LogP contribution is -2.59. The van der Waals surface area contributed by atoms with Crippen LogP contribution in [0.3, 0.4) is 0 Å². The first-order chi connectivity index (χ1) is 17.2. The van der Waals surface area contributed by atoms with Crippen LogP contribution >= 0.6 is 0 Å². The Morgan fingerprint density at radius 1 is 1.06 bits per heavy atom. The van der Waals surface area contributed by atoms with Gasteiger partial charge >= 0.3 is 6.18 Å². The van der Waals surface area contributed by atoms with Crippen LogP contribution in [0.5, 0.6) is 0 Å². The fourth-order valence-corrected chi connectivity index (χ4v) is 3.84. The van der Waals surface area contributed by atoms with Gasteiger partial charge in [-0.05, 0) is 48.9 Å². The molecule has 1 aliphatic heterocycles. The van der Waals surface area contributed by atoms with E-state index in [4.69, 9.17) is 4.74 Å². The molecular weight excluding hydrogens is 473 g/mol. The molecule has 1 saturated heterocycles. The molecule has 3 N–H and O–H groups in total. The van der Waals surface area contributed by atoms with Crippen LogP contribution in [0.2, 0.25) is 0 Å². The maximum absolute atomic E-state index is 13.2. The number of anilines is 2. The van der Waals surface area contributed by atoms with Crippen molar-refractivity contribution in [3.63, 3.8) is 0 Å². The van der Waals surface area contributed by atoms with Crippen molar-refractivity contribution >= 4 is 23.2 Å². The van der Waals surface area contributed by atoms with E-state index in [-0.39, 0.29) is 24.7 Å². The molecule has 36 heavy (non-hydrogen) atoms. The van der Waals surface area contributed by atoms with Gasteiger partial charge in [-0.3, -0.25) is 14.6 Å². The largest absolute Gasteiger partial charge is 0.418 e. The SMILES string of the molecule is Cc1ccc(C(=O)N[C@@]2(C(=O)NCc3ccc(Nc4ccccc4C(F)(F)F)cc3)CCOC2)cn1. The number of nitrogens with one attached hydrogen (secondary N) is 3. The molecule has 0 saturated carbocycles. The van der Waals surface area contributed by atoms with Crippen molar-refractivity contribution in [2.75, 3.05) is 18.5 Å². The molecule has 0 bridgehead atoms. The third-order valence-electron chi connectivity index (χ3n) is 5.90. The molecule has 1 aromatic heterocycles. The van der Waals surface area contributed by atoms with Gasteiger partial charge in [0.1, 0.15) is 5.54 Å². The van der Waals surface area contributed by atoms with E-state index >= 15 is 0 Å². The van der Waals surface area contributed by atoms with Gasteiger partial charge in [-0.2, -0.15) is 13.2 Å². The Hall–Kier alpha value is -3.92. The summed E-state index contributed by atoms with van der Waals surface area (Å²) in [5, 5.41) is 8.41. The van der Waals surface area contributed by atoms with Gasteiger partial charge in [-0.15, -0.1) is 0 Å². The average molecular weight is 499 g/mol. The highest BCUT2D eigenvalue weighted by Crippen LogP contribution is 2.35. The number of rotatable bonds is 7. The van der Waals surface area contributed by atoms with Crippen LogP contribution in [0, 0.1) is 6.92 Å². The Labute approximate surface area is 206 Å². The zero-order valence-electron chi connectivity index (χ0n) is 19.5. The Balaban J connectivity index is 1.38. The number of aryl methyl sites for hydroxylation is 1. The number of benzene rings is 2. The first kappa shape index (κ1) is 25.2. The molecule has 4 rings (SSSR count). The normalized spacial score (nSPS) is 17.4. The van der Waals surface area contributed by atoms with Crippen molar-refractivity contribution in [3.8, 4) is 0 Å². The summed E-state index contributed by atoms with van der Waals surface area (Å²) in [6.45, 7) is 2.36. The summed E-state index contributed by atoms with van der Waals surface area (Å²) in [6, 6.07) is 15.3. The second kappa shape index (κ2) is 10.4. The molecule has 0 unspecified atom stereocenters. The van der Waals surface area contributed by atoms with Gasteiger partial charge in [0.15, 0.2) is 0 Å². The lowest BCUT2D eigenvalue weighted by molar-refractivity contribution is -0.137. The molecule has 2 aromatic carbocycles. The fraction of sp³-hybridized carbons (Fsp3) is 0.269. The molecule has 2 heterocycles. The van der Waals surface area contributed by atoms with Crippen LogP contribution in [0.15, 0.2) is 66.9 Å². The number of ether oxygens (including phenoxy) is 1. The molecule has 1 aliphatic rings. The highest BCUT2D eigenvalue weighted by atomic mass is 19.4. The van der Waals surface area contributed by atoms with Crippen LogP contribution in [0.1, 0.15) is 33.6 Å². The van der Waals surface area contributed by atoms with Crippen molar-refractivity contribution < 1.29 is 27.5 Å². The minimum atomic E-state index is -4.47. The number of amides is 2. The molecule has 7 nitrogen and oxygen atoms in total. The van der Waals surface area contributed by atoms with Crippen molar-refractivity contribution in [2.45, 2.75) is 31.6 Å². The number of para-hydroxylation sites is 1. The van der Waals surface area contributed by atoms with Crippen LogP contribution in [-0.2, 0) is 22.3 Å². The quantitative estimate of drug-likeness (QED) is 0.450. The minimum Gasteiger partial charge on any atom is -0.378 e. The fourth-order valence-electron chi connectivity index (χ4n) is 3.84. The first-order valence-electron chi connectivity index (χ1n) is 11.3. The van der Waals surface area contributed by atoms with Gasteiger partial charge in [0, 0.05) is 37.2 Å². The average Bonchev–Trinajstić information content (AvgIpc) is 3.33. The second-order valence-corrected chi connectivity index (χ2v) is 8.58. The van der Waals surface area contributed by atoms with Gasteiger partial charge in [0.25, 0.3) is 5.91 Å². The number of carbonyl (C=O) groups excluding carboxylic acids is 2. The summed E-state index contributed by atoms with van der Waals surface area (Å²) in [5.74, 6) is -0.799. The maximum Gasteiger partial charge on any atom is 0.418 e. The summed E-state index contributed by atoms with van der Waals surface area (Å²) in [4.78, 5) is 29.9. The van der Waals surface area contributed by atoms with Gasteiger partial charge in [-0.25, -0.2) is 0 Å². The first-order valence-corrected chi connectivity index (χ1v) is 11.3. The number of halogens is 3. The number of carbonyl (C=O) groups is 2. The summed E-state index contributed by atoms with van der Waals surface area (Å²) >= 11 is 0. The summed E-state index contributed by atoms with van der Waals surface area (Å²) in [6.07, 6.45) is -2.70. The monoisotopic (exact) mass is 498 g/mol. The predicted molar refractivity (Wildman–Crippen MR) is 128 cm³/mol. The van der Waals surface area contributed by atoms with Crippen LogP contribution in [-0.4, -0.2) is 35.6 Å². The molecule has 1 atom stereocenters. The molecule has 188 valence electrons. The molecular formula is C26H25F3N4O3. The van der Waals surface area contributed by atoms with E-state index in [1.165, 1.54) is 24.4 Å². The number of alkyl halides is 3. The third kappa shape index (κ3) is 5.83. The number of hydrogen-bond donors (Lipinski definition) is 3. The standard InChI is InChI=1S/C26H25F3N4O3/c1-17-6-9-19(15-30-17)23(34)33-25(12-13-36-16-25)24(35)31-14-18-7-10-20(11-8-18)32-22-5-3-2-4-21(22)26(27,28)29/h2-11,15,32H,12-14,16H2,1H3,(H,31,35)(H,33,34)/t25-/m0/s1. The number of nitrogens with zero attached hydrogens (tertiary/aromatic N) is 1. The minimum absolute atomic E-state index is 0.0470. The van der Waals surface area contributed by atoms with Gasteiger partial charge in [0.2, 0.25) is 5.91 Å². The third-order valence-corrected chi connectivity index (χ3v) is 5.90. The molecule has 2 amide bonds. The van der Waals surface area contributed by atoms with Crippen LogP contribution in [0.25, 0.3) is 0 Å². The van der Waals surface area contributed by atoms with E-state index < -0.39 is 23.2 Å². The highest BCUT2D eigenvalue weighted by molar-refractivity contribution is 5.99. The Morgan fingerprint density at radius 3 is 2.44 bits per heavy atom.